The lowest BCUT2D eigenvalue weighted by atomic mass is 10.1. The quantitative estimate of drug-likeness (QED) is 0.640. The molecule has 0 aliphatic carbocycles. The van der Waals surface area contributed by atoms with Crippen LogP contribution in [0, 0.1) is 6.92 Å². The highest BCUT2D eigenvalue weighted by molar-refractivity contribution is 5.90. The third-order valence-corrected chi connectivity index (χ3v) is 5.56. The number of carbonyl (C=O) groups excluding carboxylic acids is 1. The van der Waals surface area contributed by atoms with Crippen molar-refractivity contribution in [2.24, 2.45) is 0 Å². The molecule has 164 valence electrons. The van der Waals surface area contributed by atoms with E-state index in [1.54, 1.807) is 12.4 Å². The molecule has 0 radical (unpaired) electrons. The van der Waals surface area contributed by atoms with E-state index in [-0.39, 0.29) is 11.9 Å². The molecular weight excluding hydrogens is 396 g/mol. The molecule has 3 aromatic heterocycles. The Kier molecular flexibility index (Phi) is 6.08. The number of rotatable bonds is 6. The van der Waals surface area contributed by atoms with E-state index in [9.17, 15) is 4.79 Å². The SMILES string of the molecule is CCC(Nc1ncnc2c1nc(-c1cnc(C)nc1)n2CC)C(=O)N1CCOC[C@H]1C. The summed E-state index contributed by atoms with van der Waals surface area (Å²) >= 11 is 0. The van der Waals surface area contributed by atoms with Gasteiger partial charge in [-0.2, -0.15) is 0 Å². The summed E-state index contributed by atoms with van der Waals surface area (Å²) in [5, 5.41) is 3.32. The largest absolute Gasteiger partial charge is 0.377 e. The number of fused-ring (bicyclic) bond motifs is 1. The van der Waals surface area contributed by atoms with E-state index < -0.39 is 6.04 Å². The van der Waals surface area contributed by atoms with Crippen LogP contribution in [0.15, 0.2) is 18.7 Å². The fraction of sp³-hybridized carbons (Fsp3) is 0.524. The van der Waals surface area contributed by atoms with Gasteiger partial charge in [-0.15, -0.1) is 0 Å². The van der Waals surface area contributed by atoms with E-state index in [2.05, 4.69) is 25.3 Å². The maximum absolute atomic E-state index is 13.2. The Morgan fingerprint density at radius 2 is 2.03 bits per heavy atom. The van der Waals surface area contributed by atoms with Crippen LogP contribution in [-0.4, -0.2) is 72.1 Å². The third-order valence-electron chi connectivity index (χ3n) is 5.56. The number of hydrogen-bond acceptors (Lipinski definition) is 8. The van der Waals surface area contributed by atoms with Crippen LogP contribution in [0.3, 0.4) is 0 Å². The molecule has 2 atom stereocenters. The van der Waals surface area contributed by atoms with E-state index in [1.165, 1.54) is 6.33 Å². The Morgan fingerprint density at radius 3 is 2.71 bits per heavy atom. The molecule has 1 aliphatic rings. The van der Waals surface area contributed by atoms with Crippen molar-refractivity contribution >= 4 is 22.9 Å². The minimum absolute atomic E-state index is 0.0483. The van der Waals surface area contributed by atoms with Gasteiger partial charge in [0.25, 0.3) is 0 Å². The average Bonchev–Trinajstić information content (AvgIpc) is 3.17. The monoisotopic (exact) mass is 424 g/mol. The smallest absolute Gasteiger partial charge is 0.245 e. The number of anilines is 1. The number of carbonyl (C=O) groups is 1. The molecule has 1 fully saturated rings. The highest BCUT2D eigenvalue weighted by atomic mass is 16.5. The Bertz CT molecular complexity index is 1070. The first-order valence-electron chi connectivity index (χ1n) is 10.7. The van der Waals surface area contributed by atoms with Crippen LogP contribution in [0.2, 0.25) is 0 Å². The summed E-state index contributed by atoms with van der Waals surface area (Å²) in [6, 6.07) is -0.355. The lowest BCUT2D eigenvalue weighted by Crippen LogP contribution is -2.52. The Morgan fingerprint density at radius 1 is 1.26 bits per heavy atom. The van der Waals surface area contributed by atoms with Crippen LogP contribution >= 0.6 is 0 Å². The van der Waals surface area contributed by atoms with Gasteiger partial charge < -0.3 is 19.5 Å². The number of imidazole rings is 1. The second-order valence-corrected chi connectivity index (χ2v) is 7.65. The molecule has 0 saturated carbocycles. The summed E-state index contributed by atoms with van der Waals surface area (Å²) in [6.07, 6.45) is 5.65. The van der Waals surface area contributed by atoms with Gasteiger partial charge in [-0.3, -0.25) is 4.79 Å². The summed E-state index contributed by atoms with van der Waals surface area (Å²) in [5.41, 5.74) is 2.14. The van der Waals surface area contributed by atoms with E-state index in [4.69, 9.17) is 9.72 Å². The molecule has 1 N–H and O–H groups in total. The van der Waals surface area contributed by atoms with Crippen molar-refractivity contribution in [3.63, 3.8) is 0 Å². The molecule has 10 nitrogen and oxygen atoms in total. The number of aromatic nitrogens is 6. The van der Waals surface area contributed by atoms with Crippen molar-refractivity contribution in [2.75, 3.05) is 25.1 Å². The summed E-state index contributed by atoms with van der Waals surface area (Å²) in [7, 11) is 0. The van der Waals surface area contributed by atoms with E-state index in [1.807, 2.05) is 37.2 Å². The first kappa shape index (κ1) is 21.1. The zero-order valence-corrected chi connectivity index (χ0v) is 18.4. The molecular formula is C21H28N8O2. The molecule has 1 aliphatic heterocycles. The van der Waals surface area contributed by atoms with Crippen LogP contribution < -0.4 is 5.32 Å². The molecule has 1 unspecified atom stereocenters. The first-order chi connectivity index (χ1) is 15.0. The predicted octanol–water partition coefficient (Wildman–Crippen LogP) is 2.05. The van der Waals surface area contributed by atoms with Gasteiger partial charge in [0.2, 0.25) is 5.91 Å². The van der Waals surface area contributed by atoms with Crippen molar-refractivity contribution in [3.05, 3.63) is 24.5 Å². The molecule has 0 bridgehead atoms. The molecule has 31 heavy (non-hydrogen) atoms. The number of amides is 1. The van der Waals surface area contributed by atoms with Gasteiger partial charge in [0.1, 0.15) is 24.0 Å². The van der Waals surface area contributed by atoms with Crippen molar-refractivity contribution in [1.29, 1.82) is 0 Å². The maximum Gasteiger partial charge on any atom is 0.245 e. The van der Waals surface area contributed by atoms with Gasteiger partial charge in [0.05, 0.1) is 24.8 Å². The summed E-state index contributed by atoms with van der Waals surface area (Å²) in [5.74, 6) is 2.02. The third kappa shape index (κ3) is 4.07. The number of morpholine rings is 1. The second kappa shape index (κ2) is 8.93. The van der Waals surface area contributed by atoms with Crippen molar-refractivity contribution in [1.82, 2.24) is 34.4 Å². The predicted molar refractivity (Wildman–Crippen MR) is 116 cm³/mol. The minimum Gasteiger partial charge on any atom is -0.377 e. The van der Waals surface area contributed by atoms with Crippen molar-refractivity contribution in [2.45, 2.75) is 52.7 Å². The lowest BCUT2D eigenvalue weighted by molar-refractivity contribution is -0.140. The fourth-order valence-electron chi connectivity index (χ4n) is 3.83. The Labute approximate surface area is 181 Å². The van der Waals surface area contributed by atoms with Crippen molar-refractivity contribution in [3.8, 4) is 11.4 Å². The second-order valence-electron chi connectivity index (χ2n) is 7.65. The standard InChI is InChI=1S/C21H28N8O2/c1-5-16(21(30)29-7-8-31-11-13(29)3)26-18-17-20(25-12-24-18)28(6-2)19(27-17)15-9-22-14(4)23-10-15/h9-10,12-13,16H,5-8,11H2,1-4H3,(H,24,25,26)/t13-,16?/m1/s1. The fourth-order valence-corrected chi connectivity index (χ4v) is 3.83. The van der Waals surface area contributed by atoms with E-state index in [0.717, 1.165) is 11.4 Å². The van der Waals surface area contributed by atoms with Crippen LogP contribution in [0.25, 0.3) is 22.6 Å². The molecule has 4 heterocycles. The zero-order valence-electron chi connectivity index (χ0n) is 18.4. The first-order valence-corrected chi connectivity index (χ1v) is 10.7. The van der Waals surface area contributed by atoms with E-state index in [0.29, 0.717) is 55.5 Å². The Balaban J connectivity index is 1.69. The van der Waals surface area contributed by atoms with Gasteiger partial charge in [-0.1, -0.05) is 6.92 Å². The minimum atomic E-state index is -0.406. The van der Waals surface area contributed by atoms with Gasteiger partial charge in [0.15, 0.2) is 17.0 Å². The molecule has 4 rings (SSSR count). The lowest BCUT2D eigenvalue weighted by Gasteiger charge is -2.35. The number of nitrogens with one attached hydrogen (secondary N) is 1. The summed E-state index contributed by atoms with van der Waals surface area (Å²) in [6.45, 7) is 10.3. The van der Waals surface area contributed by atoms with Crippen LogP contribution in [0.5, 0.6) is 0 Å². The highest BCUT2D eigenvalue weighted by Gasteiger charge is 2.30. The summed E-state index contributed by atoms with van der Waals surface area (Å²) in [4.78, 5) is 37.3. The molecule has 0 aromatic carbocycles. The molecule has 3 aromatic rings. The Hall–Kier alpha value is -3.14. The number of hydrogen-bond donors (Lipinski definition) is 1. The van der Waals surface area contributed by atoms with Gasteiger partial charge in [0, 0.05) is 25.5 Å². The zero-order chi connectivity index (χ0) is 22.0. The van der Waals surface area contributed by atoms with Crippen LogP contribution in [0.1, 0.15) is 33.0 Å². The molecule has 0 spiro atoms. The van der Waals surface area contributed by atoms with Crippen LogP contribution in [0.4, 0.5) is 5.82 Å². The molecule has 10 heteroatoms. The van der Waals surface area contributed by atoms with Gasteiger partial charge >= 0.3 is 0 Å². The number of ether oxygens (including phenoxy) is 1. The van der Waals surface area contributed by atoms with Crippen molar-refractivity contribution < 1.29 is 9.53 Å². The number of nitrogens with zero attached hydrogens (tertiary/aromatic N) is 7. The summed E-state index contributed by atoms with van der Waals surface area (Å²) < 4.78 is 7.47. The van der Waals surface area contributed by atoms with Crippen LogP contribution in [-0.2, 0) is 16.1 Å². The van der Waals surface area contributed by atoms with E-state index >= 15 is 0 Å². The topological polar surface area (TPSA) is 111 Å². The van der Waals surface area contributed by atoms with Gasteiger partial charge in [-0.25, -0.2) is 24.9 Å². The molecule has 1 saturated heterocycles. The average molecular weight is 425 g/mol. The highest BCUT2D eigenvalue weighted by Crippen LogP contribution is 2.27. The normalized spacial score (nSPS) is 17.7. The van der Waals surface area contributed by atoms with Gasteiger partial charge in [-0.05, 0) is 27.2 Å². The maximum atomic E-state index is 13.2. The number of aryl methyl sites for hydroxylation is 2. The molecule has 1 amide bonds.